The quantitative estimate of drug-likeness (QED) is 0.0604. The number of fused-ring (bicyclic) bond motifs is 4. The SMILES string of the molecule is Cc1nccnc1-c1ccc([C@H](CO)NC(=O)[C@@H]2C[C@@H](O)CN2C(=O)[C@H](C(C)C)n2cc(-c3ccc(COc4c(-c5c(C)c(F)cc6[nH]ncc56)c(C5CC5)cc5c(N6C[C@@H]7C[C@H]6CN7)nc(OC6CCOCC6)nc45)cc3)nn2)cc1. The molecule has 4 saturated heterocycles. The summed E-state index contributed by atoms with van der Waals surface area (Å²) in [6.45, 7) is 10.0. The number of aliphatic hydroxyl groups excluding tert-OH is 2. The molecule has 82 heavy (non-hydrogen) atoms. The molecule has 1 aliphatic carbocycles. The Balaban J connectivity index is 0.781. The van der Waals surface area contributed by atoms with E-state index in [1.807, 2.05) is 76.2 Å². The highest BCUT2D eigenvalue weighted by Crippen LogP contribution is 2.53. The first-order valence-electron chi connectivity index (χ1n) is 28.5. The van der Waals surface area contributed by atoms with Crippen LogP contribution in [-0.4, -0.2) is 142 Å². The molecule has 5 N–H and O–H groups in total. The Hall–Kier alpha value is -7.98. The zero-order valence-electron chi connectivity index (χ0n) is 46.3. The number of benzene rings is 4. The number of anilines is 1. The number of carbonyl (C=O) groups excluding carboxylic acids is 2. The van der Waals surface area contributed by atoms with Gasteiger partial charge in [-0.25, -0.2) is 9.07 Å². The van der Waals surface area contributed by atoms with E-state index in [9.17, 15) is 19.8 Å². The molecule has 20 nitrogen and oxygen atoms in total. The van der Waals surface area contributed by atoms with Crippen molar-refractivity contribution in [3.63, 3.8) is 0 Å². The number of likely N-dealkylation sites (tertiary alicyclic amines) is 1. The molecule has 2 bridgehead atoms. The zero-order chi connectivity index (χ0) is 56.3. The maximum Gasteiger partial charge on any atom is 0.319 e. The van der Waals surface area contributed by atoms with Gasteiger partial charge in [-0.1, -0.05) is 67.6 Å². The van der Waals surface area contributed by atoms with Crippen LogP contribution in [0.3, 0.4) is 0 Å². The number of rotatable bonds is 17. The summed E-state index contributed by atoms with van der Waals surface area (Å²) in [6, 6.07) is 17.1. The molecule has 0 radical (unpaired) electrons. The van der Waals surface area contributed by atoms with Gasteiger partial charge in [0.15, 0.2) is 5.75 Å². The summed E-state index contributed by atoms with van der Waals surface area (Å²) in [5, 5.41) is 46.0. The van der Waals surface area contributed by atoms with Gasteiger partial charge >= 0.3 is 6.01 Å². The Bertz CT molecular complexity index is 3700. The fourth-order valence-corrected chi connectivity index (χ4v) is 12.6. The monoisotopic (exact) mass is 1110 g/mol. The summed E-state index contributed by atoms with van der Waals surface area (Å²) in [4.78, 5) is 51.7. The van der Waals surface area contributed by atoms with E-state index < -0.39 is 30.1 Å². The summed E-state index contributed by atoms with van der Waals surface area (Å²) < 4.78 is 37.2. The summed E-state index contributed by atoms with van der Waals surface area (Å²) in [6.07, 6.45) is 10.1. The zero-order valence-corrected chi connectivity index (χ0v) is 46.3. The van der Waals surface area contributed by atoms with Crippen molar-refractivity contribution in [3.8, 4) is 45.4 Å². The van der Waals surface area contributed by atoms with E-state index in [1.165, 1.54) is 15.6 Å². The highest BCUT2D eigenvalue weighted by atomic mass is 19.1. The number of aliphatic hydroxyl groups is 2. The van der Waals surface area contributed by atoms with Crippen molar-refractivity contribution in [2.24, 2.45) is 5.92 Å². The molecule has 4 aromatic carbocycles. The third-order valence-electron chi connectivity index (χ3n) is 17.1. The van der Waals surface area contributed by atoms with Crippen molar-refractivity contribution in [3.05, 3.63) is 119 Å². The maximum atomic E-state index is 16.2. The van der Waals surface area contributed by atoms with Crippen LogP contribution in [0.4, 0.5) is 10.2 Å². The van der Waals surface area contributed by atoms with Crippen LogP contribution in [0.1, 0.15) is 98.3 Å². The fraction of sp³-hybridized carbons (Fsp3) is 0.426. The molecule has 0 unspecified atom stereocenters. The summed E-state index contributed by atoms with van der Waals surface area (Å²) in [5.41, 5.74) is 9.33. The van der Waals surface area contributed by atoms with E-state index in [4.69, 9.17) is 24.2 Å². The predicted molar refractivity (Wildman–Crippen MR) is 303 cm³/mol. The number of H-pyrrole nitrogens is 1. The van der Waals surface area contributed by atoms with Crippen molar-refractivity contribution in [2.45, 2.75) is 121 Å². The topological polar surface area (TPSA) is 244 Å². The minimum Gasteiger partial charge on any atom is -0.486 e. The number of aromatic amines is 1. The van der Waals surface area contributed by atoms with E-state index in [0.29, 0.717) is 58.4 Å². The molecular formula is C61H66FN13O7. The lowest BCUT2D eigenvalue weighted by Gasteiger charge is -2.31. The number of ether oxygens (including phenoxy) is 3. The molecular weight excluding hydrogens is 1050 g/mol. The number of aromatic nitrogens is 9. The van der Waals surface area contributed by atoms with Crippen LogP contribution in [0.15, 0.2) is 85.5 Å². The van der Waals surface area contributed by atoms with Gasteiger partial charge in [-0.2, -0.15) is 15.1 Å². The van der Waals surface area contributed by atoms with Crippen LogP contribution < -0.4 is 25.0 Å². The molecule has 13 rings (SSSR count). The van der Waals surface area contributed by atoms with Gasteiger partial charge in [0, 0.05) is 96.4 Å². The lowest BCUT2D eigenvalue weighted by molar-refractivity contribution is -0.142. The second kappa shape index (κ2) is 22.1. The molecule has 4 aliphatic heterocycles. The first kappa shape index (κ1) is 53.3. The minimum atomic E-state index is -0.994. The van der Waals surface area contributed by atoms with Crippen LogP contribution in [0.2, 0.25) is 0 Å². The number of β-amino-alcohol motifs (C(OH)–C–C–N with tert-alkyl or cyclic N) is 1. The maximum absolute atomic E-state index is 16.2. The predicted octanol–water partition coefficient (Wildman–Crippen LogP) is 7.22. The molecule has 5 fully saturated rings. The molecule has 6 atom stereocenters. The van der Waals surface area contributed by atoms with Crippen LogP contribution in [0.25, 0.3) is 55.4 Å². The van der Waals surface area contributed by atoms with Gasteiger partial charge in [0.05, 0.1) is 61.3 Å². The molecule has 5 aliphatic rings. The average molecular weight is 1110 g/mol. The van der Waals surface area contributed by atoms with Crippen LogP contribution in [-0.2, 0) is 20.9 Å². The fourth-order valence-electron chi connectivity index (χ4n) is 12.6. The van der Waals surface area contributed by atoms with Crippen molar-refractivity contribution in [1.29, 1.82) is 0 Å². The molecule has 8 aromatic rings. The highest BCUT2D eigenvalue weighted by molar-refractivity contribution is 6.06. The number of hydrogen-bond acceptors (Lipinski definition) is 16. The average Bonchev–Trinajstić information content (AvgIpc) is 4.17. The number of carbonyl (C=O) groups is 2. The van der Waals surface area contributed by atoms with Gasteiger partial charge in [0.1, 0.15) is 47.6 Å². The number of hydrogen-bond donors (Lipinski definition) is 5. The molecule has 2 amide bonds. The number of aryl methyl sites for hydroxylation is 1. The van der Waals surface area contributed by atoms with E-state index in [0.717, 1.165) is 101 Å². The van der Waals surface area contributed by atoms with Gasteiger partial charge < -0.3 is 44.9 Å². The second-order valence-corrected chi connectivity index (χ2v) is 22.9. The van der Waals surface area contributed by atoms with Crippen molar-refractivity contribution < 1.29 is 38.4 Å². The van der Waals surface area contributed by atoms with Gasteiger partial charge in [0.2, 0.25) is 11.8 Å². The van der Waals surface area contributed by atoms with Crippen LogP contribution in [0, 0.1) is 25.6 Å². The molecule has 8 heterocycles. The largest absolute Gasteiger partial charge is 0.486 e. The van der Waals surface area contributed by atoms with Crippen molar-refractivity contribution in [2.75, 3.05) is 44.4 Å². The summed E-state index contributed by atoms with van der Waals surface area (Å²) in [5.74, 6) is 0.0431. The number of nitrogens with zero attached hydrogens (tertiary/aromatic N) is 10. The van der Waals surface area contributed by atoms with E-state index >= 15 is 4.39 Å². The van der Waals surface area contributed by atoms with Gasteiger partial charge in [-0.15, -0.1) is 5.10 Å². The normalized spacial score (nSPS) is 20.8. The van der Waals surface area contributed by atoms with Gasteiger partial charge in [-0.3, -0.25) is 24.7 Å². The Labute approximate surface area is 472 Å². The van der Waals surface area contributed by atoms with E-state index in [2.05, 4.69) is 52.1 Å². The highest BCUT2D eigenvalue weighted by Gasteiger charge is 2.44. The lowest BCUT2D eigenvalue weighted by Crippen LogP contribution is -2.50. The Morgan fingerprint density at radius 3 is 2.43 bits per heavy atom. The number of nitrogens with one attached hydrogen (secondary N) is 3. The molecule has 4 aromatic heterocycles. The van der Waals surface area contributed by atoms with E-state index in [-0.39, 0.29) is 67.9 Å². The molecule has 0 spiro atoms. The summed E-state index contributed by atoms with van der Waals surface area (Å²) in [7, 11) is 0. The molecule has 21 heteroatoms. The summed E-state index contributed by atoms with van der Waals surface area (Å²) >= 11 is 0. The lowest BCUT2D eigenvalue weighted by atomic mass is 9.88. The number of halogens is 1. The van der Waals surface area contributed by atoms with Gasteiger partial charge in [0.25, 0.3) is 0 Å². The smallest absolute Gasteiger partial charge is 0.319 e. The third-order valence-corrected chi connectivity index (χ3v) is 17.1. The molecule has 1 saturated carbocycles. The second-order valence-electron chi connectivity index (χ2n) is 22.9. The third kappa shape index (κ3) is 10.2. The van der Waals surface area contributed by atoms with Crippen molar-refractivity contribution >= 4 is 39.4 Å². The first-order valence-corrected chi connectivity index (χ1v) is 28.5. The van der Waals surface area contributed by atoms with E-state index in [1.54, 1.807) is 24.8 Å². The number of amides is 2. The Kier molecular flexibility index (Phi) is 14.4. The first-order chi connectivity index (χ1) is 39.9. The van der Waals surface area contributed by atoms with Crippen molar-refractivity contribution in [1.82, 2.24) is 60.7 Å². The minimum absolute atomic E-state index is 0.0322. The van der Waals surface area contributed by atoms with Gasteiger partial charge in [-0.05, 0) is 79.3 Å². The number of piperazine rings is 1. The standard InChI is InChI=1S/C61H66FN13O7/c1-32(2)56(60(79)74-28-42(77)22-51(74)59(78)67-50(30-76)38-11-13-39(14-12-38)54-34(4)63-17-18-64-54)75-29-49(71-72-75)37-7-5-35(6-8-37)31-81-57-53(52-33(3)47(62)24-48-46(52)26-66-70-48)44(36-9-10-36)23-45-55(57)68-61(82-43-15-19-80-20-16-43)69-58(45)73-27-40-21-41(73)25-65-40/h5-8,11-14,17-18,23-24,26,29,32,36,40-43,50-51,56,65,76-77H,9-10,15-16,19-22,25,27-28,30-31H2,1-4H3,(H,66,70)(H,67,78)/t40-,41-,42+,50-,51-,56-/m0/s1. The van der Waals surface area contributed by atoms with Crippen LogP contribution >= 0.6 is 0 Å². The Morgan fingerprint density at radius 2 is 1.71 bits per heavy atom. The Morgan fingerprint density at radius 1 is 0.927 bits per heavy atom. The van der Waals surface area contributed by atoms with Crippen LogP contribution in [0.5, 0.6) is 11.8 Å². The molecule has 424 valence electrons.